The second-order valence-electron chi connectivity index (χ2n) is 1.76. The van der Waals surface area contributed by atoms with Crippen LogP contribution in [-0.2, 0) is 4.79 Å². The molecule has 0 aromatic rings. The molecule has 0 radical (unpaired) electrons. The first-order chi connectivity index (χ1) is 4.13. The fraction of sp³-hybridized carbons (Fsp3) is 0.500. The lowest BCUT2D eigenvalue weighted by Crippen LogP contribution is -2.35. The smallest absolute Gasteiger partial charge is 0.280 e. The largest absolute Gasteiger partial charge is 0.369 e. The topological polar surface area (TPSA) is 78.9 Å². The second-order valence-corrected chi connectivity index (χ2v) is 1.76. The third kappa shape index (κ3) is 0.746. The van der Waals surface area contributed by atoms with Crippen LogP contribution in [0.3, 0.4) is 0 Å². The van der Waals surface area contributed by atoms with Gasteiger partial charge in [-0.05, 0) is 0 Å². The maximum Gasteiger partial charge on any atom is 0.280 e. The van der Waals surface area contributed by atoms with Gasteiger partial charge in [-0.1, -0.05) is 0 Å². The zero-order valence-electron chi connectivity index (χ0n) is 4.90. The van der Waals surface area contributed by atoms with Crippen LogP contribution in [-0.4, -0.2) is 35.1 Å². The molecule has 50 valence electrons. The van der Waals surface area contributed by atoms with E-state index in [1.165, 1.54) is 7.05 Å². The van der Waals surface area contributed by atoms with Gasteiger partial charge in [0, 0.05) is 7.05 Å². The molecule has 0 unspecified atom stereocenters. The SMILES string of the molecule is CN1C(=O)[C@H](O)N=C1N. The van der Waals surface area contributed by atoms with Gasteiger partial charge in [-0.15, -0.1) is 0 Å². The van der Waals surface area contributed by atoms with E-state index >= 15 is 0 Å². The van der Waals surface area contributed by atoms with Crippen molar-refractivity contribution in [2.75, 3.05) is 7.05 Å². The number of amides is 1. The summed E-state index contributed by atoms with van der Waals surface area (Å²) in [4.78, 5) is 15.1. The molecule has 0 saturated heterocycles. The minimum absolute atomic E-state index is 0.0625. The summed E-state index contributed by atoms with van der Waals surface area (Å²) < 4.78 is 0. The lowest BCUT2D eigenvalue weighted by molar-refractivity contribution is -0.132. The average Bonchev–Trinajstić information content (AvgIpc) is 1.98. The Labute approximate surface area is 51.8 Å². The fourth-order valence-electron chi connectivity index (χ4n) is 0.553. The molecule has 0 spiro atoms. The molecule has 9 heavy (non-hydrogen) atoms. The van der Waals surface area contributed by atoms with Gasteiger partial charge in [0.15, 0.2) is 0 Å². The Bertz CT molecular complexity index is 177. The van der Waals surface area contributed by atoms with Crippen molar-refractivity contribution in [3.05, 3.63) is 0 Å². The molecule has 1 aliphatic heterocycles. The van der Waals surface area contributed by atoms with E-state index in [0.29, 0.717) is 0 Å². The lowest BCUT2D eigenvalue weighted by Gasteiger charge is -2.05. The normalized spacial score (nSPS) is 26.9. The molecule has 1 rings (SSSR count). The Balaban J connectivity index is 2.82. The number of rotatable bonds is 0. The molecule has 5 heteroatoms. The van der Waals surface area contributed by atoms with Crippen molar-refractivity contribution in [1.82, 2.24) is 4.90 Å². The Morgan fingerprint density at radius 1 is 1.89 bits per heavy atom. The van der Waals surface area contributed by atoms with Crippen molar-refractivity contribution < 1.29 is 9.90 Å². The first-order valence-corrected chi connectivity index (χ1v) is 2.42. The number of aliphatic imine (C=N–C) groups is 1. The number of carbonyl (C=O) groups excluding carboxylic acids is 1. The monoisotopic (exact) mass is 129 g/mol. The number of guanidine groups is 1. The van der Waals surface area contributed by atoms with Gasteiger partial charge in [-0.3, -0.25) is 9.69 Å². The highest BCUT2D eigenvalue weighted by atomic mass is 16.3. The molecule has 1 aliphatic rings. The van der Waals surface area contributed by atoms with Gasteiger partial charge in [-0.25, -0.2) is 4.99 Å². The molecule has 0 fully saturated rings. The molecule has 0 aliphatic carbocycles. The molecule has 0 bridgehead atoms. The maximum absolute atomic E-state index is 10.6. The Morgan fingerprint density at radius 2 is 2.44 bits per heavy atom. The summed E-state index contributed by atoms with van der Waals surface area (Å²) in [7, 11) is 1.46. The summed E-state index contributed by atoms with van der Waals surface area (Å²) >= 11 is 0. The molecule has 0 aromatic heterocycles. The van der Waals surface area contributed by atoms with E-state index in [9.17, 15) is 4.79 Å². The third-order valence-electron chi connectivity index (χ3n) is 1.15. The highest BCUT2D eigenvalue weighted by Crippen LogP contribution is 2.01. The number of likely N-dealkylation sites (N-methyl/N-ethyl adjacent to an activating group) is 1. The number of hydrogen-bond donors (Lipinski definition) is 2. The minimum atomic E-state index is -1.28. The van der Waals surface area contributed by atoms with Gasteiger partial charge in [0.1, 0.15) is 0 Å². The Kier molecular flexibility index (Phi) is 1.14. The van der Waals surface area contributed by atoms with Crippen molar-refractivity contribution in [1.29, 1.82) is 0 Å². The Morgan fingerprint density at radius 3 is 2.56 bits per heavy atom. The van der Waals surface area contributed by atoms with Gasteiger partial charge < -0.3 is 10.8 Å². The zero-order chi connectivity index (χ0) is 7.02. The summed E-state index contributed by atoms with van der Waals surface area (Å²) in [5, 5.41) is 8.68. The molecular weight excluding hydrogens is 122 g/mol. The predicted octanol–water partition coefficient (Wildman–Crippen LogP) is -1.91. The van der Waals surface area contributed by atoms with Gasteiger partial charge in [0.05, 0.1) is 0 Å². The van der Waals surface area contributed by atoms with Gasteiger partial charge in [-0.2, -0.15) is 0 Å². The zero-order valence-corrected chi connectivity index (χ0v) is 4.90. The summed E-state index contributed by atoms with van der Waals surface area (Å²) in [6, 6.07) is 0. The van der Waals surface area contributed by atoms with Gasteiger partial charge >= 0.3 is 0 Å². The average molecular weight is 129 g/mol. The fourth-order valence-corrected chi connectivity index (χ4v) is 0.553. The maximum atomic E-state index is 10.6. The van der Waals surface area contributed by atoms with E-state index in [2.05, 4.69) is 4.99 Å². The van der Waals surface area contributed by atoms with E-state index in [4.69, 9.17) is 10.8 Å². The third-order valence-corrected chi connectivity index (χ3v) is 1.15. The predicted molar refractivity (Wildman–Crippen MR) is 30.4 cm³/mol. The number of nitrogens with zero attached hydrogens (tertiary/aromatic N) is 2. The number of aliphatic hydroxyl groups excluding tert-OH is 1. The van der Waals surface area contributed by atoms with Crippen LogP contribution >= 0.6 is 0 Å². The number of aliphatic hydroxyl groups is 1. The molecule has 3 N–H and O–H groups in total. The Hall–Kier alpha value is -1.10. The molecular formula is C4H7N3O2. The summed E-state index contributed by atoms with van der Waals surface area (Å²) in [5.74, 6) is -0.417. The van der Waals surface area contributed by atoms with Crippen LogP contribution in [0.2, 0.25) is 0 Å². The van der Waals surface area contributed by atoms with Crippen LogP contribution in [0, 0.1) is 0 Å². The van der Waals surface area contributed by atoms with E-state index < -0.39 is 12.1 Å². The summed E-state index contributed by atoms with van der Waals surface area (Å²) in [6.07, 6.45) is -1.28. The first kappa shape index (κ1) is 6.03. The summed E-state index contributed by atoms with van der Waals surface area (Å²) in [5.41, 5.74) is 5.15. The summed E-state index contributed by atoms with van der Waals surface area (Å²) in [6.45, 7) is 0. The molecule has 1 amide bonds. The van der Waals surface area contributed by atoms with Crippen LogP contribution in [0.5, 0.6) is 0 Å². The van der Waals surface area contributed by atoms with Gasteiger partial charge in [0.2, 0.25) is 12.2 Å². The number of carbonyl (C=O) groups is 1. The molecule has 1 atom stereocenters. The van der Waals surface area contributed by atoms with Crippen molar-refractivity contribution >= 4 is 11.9 Å². The van der Waals surface area contributed by atoms with Crippen LogP contribution < -0.4 is 5.73 Å². The molecule has 0 saturated carbocycles. The van der Waals surface area contributed by atoms with E-state index in [1.54, 1.807) is 0 Å². The standard InChI is InChI=1S/C4H7N3O2/c1-7-3(9)2(8)6-4(7)5/h2,8H,1H3,(H2,5,6)/t2-/m0/s1. The highest BCUT2D eigenvalue weighted by molar-refractivity contribution is 6.02. The van der Waals surface area contributed by atoms with Crippen LogP contribution in [0.15, 0.2) is 4.99 Å². The van der Waals surface area contributed by atoms with Crippen molar-refractivity contribution in [2.45, 2.75) is 6.23 Å². The van der Waals surface area contributed by atoms with Gasteiger partial charge in [0.25, 0.3) is 5.91 Å². The van der Waals surface area contributed by atoms with Crippen molar-refractivity contribution in [3.63, 3.8) is 0 Å². The molecule has 0 aromatic carbocycles. The van der Waals surface area contributed by atoms with E-state index in [1.807, 2.05) is 0 Å². The van der Waals surface area contributed by atoms with E-state index in [0.717, 1.165) is 4.90 Å². The minimum Gasteiger partial charge on any atom is -0.369 e. The first-order valence-electron chi connectivity index (χ1n) is 2.42. The second kappa shape index (κ2) is 1.70. The molecule has 1 heterocycles. The highest BCUT2D eigenvalue weighted by Gasteiger charge is 2.27. The van der Waals surface area contributed by atoms with Crippen molar-refractivity contribution in [3.8, 4) is 0 Å². The van der Waals surface area contributed by atoms with Crippen LogP contribution in [0.1, 0.15) is 0 Å². The number of hydrogen-bond acceptors (Lipinski definition) is 4. The lowest BCUT2D eigenvalue weighted by atomic mass is 10.5. The molecule has 5 nitrogen and oxygen atoms in total. The van der Waals surface area contributed by atoms with Crippen LogP contribution in [0.4, 0.5) is 0 Å². The van der Waals surface area contributed by atoms with E-state index in [-0.39, 0.29) is 5.96 Å². The number of nitrogens with two attached hydrogens (primary N) is 1. The van der Waals surface area contributed by atoms with Crippen molar-refractivity contribution in [2.24, 2.45) is 10.7 Å². The quantitative estimate of drug-likeness (QED) is 0.400. The van der Waals surface area contributed by atoms with Crippen LogP contribution in [0.25, 0.3) is 0 Å².